The molecule has 0 spiro atoms. The van der Waals surface area contributed by atoms with Gasteiger partial charge in [0.25, 0.3) is 0 Å². The molecule has 0 radical (unpaired) electrons. The maximum absolute atomic E-state index is 9.56. The Balaban J connectivity index is 2.53. The van der Waals surface area contributed by atoms with E-state index >= 15 is 0 Å². The molecule has 2 aromatic heterocycles. The first kappa shape index (κ1) is 10.3. The molecule has 0 unspecified atom stereocenters. The number of fused-ring (bicyclic) bond motifs is 1. The van der Waals surface area contributed by atoms with Crippen molar-refractivity contribution in [3.63, 3.8) is 0 Å². The van der Waals surface area contributed by atoms with Crippen LogP contribution >= 0.6 is 15.9 Å². The van der Waals surface area contributed by atoms with Crippen molar-refractivity contribution in [1.82, 2.24) is 9.61 Å². The predicted molar refractivity (Wildman–Crippen MR) is 57.1 cm³/mol. The van der Waals surface area contributed by atoms with Crippen LogP contribution in [0, 0.1) is 0 Å². The average molecular weight is 273 g/mol. The lowest BCUT2D eigenvalue weighted by Crippen LogP contribution is -2.01. The molecule has 2 heterocycles. The summed E-state index contributed by atoms with van der Waals surface area (Å²) in [6.45, 7) is 0.122. The first-order valence-electron chi connectivity index (χ1n) is 4.20. The van der Waals surface area contributed by atoms with Crippen LogP contribution in [-0.4, -0.2) is 28.6 Å². The molecule has 0 aliphatic heterocycles. The molecule has 0 saturated heterocycles. The lowest BCUT2D eigenvalue weighted by Gasteiger charge is -2.07. The lowest BCUT2D eigenvalue weighted by atomic mass is 10.3. The summed E-state index contributed by atoms with van der Waals surface area (Å²) in [4.78, 5) is 0. The molecule has 1 N–H and O–H groups in total. The monoisotopic (exact) mass is 272 g/mol. The third-order valence-electron chi connectivity index (χ3n) is 1.86. The number of hydrogen-bond acceptors (Lipinski definition) is 4. The van der Waals surface area contributed by atoms with Gasteiger partial charge in [0.15, 0.2) is 18.3 Å². The van der Waals surface area contributed by atoms with Crippen molar-refractivity contribution < 1.29 is 14.6 Å². The van der Waals surface area contributed by atoms with E-state index < -0.39 is 0 Å². The van der Waals surface area contributed by atoms with Gasteiger partial charge in [-0.2, -0.15) is 5.10 Å². The predicted octanol–water partition coefficient (Wildman–Crippen LogP) is 1.79. The van der Waals surface area contributed by atoms with Crippen LogP contribution in [0.5, 0.6) is 11.5 Å². The number of hydrogen-bond donors (Lipinski definition) is 1. The molecule has 5 nitrogen and oxygen atoms in total. The zero-order chi connectivity index (χ0) is 10.8. The van der Waals surface area contributed by atoms with Crippen molar-refractivity contribution in [1.29, 1.82) is 0 Å². The third-order valence-corrected chi connectivity index (χ3v) is 2.29. The third kappa shape index (κ3) is 1.91. The van der Waals surface area contributed by atoms with Crippen LogP contribution < -0.4 is 4.74 Å². The highest BCUT2D eigenvalue weighted by Gasteiger charge is 2.10. The second kappa shape index (κ2) is 4.08. The number of aromatic hydroxyl groups is 1. The molecule has 0 atom stereocenters. The van der Waals surface area contributed by atoms with E-state index in [4.69, 9.17) is 9.47 Å². The molecular weight excluding hydrogens is 264 g/mol. The first-order chi connectivity index (χ1) is 7.22. The van der Waals surface area contributed by atoms with Crippen LogP contribution in [0.4, 0.5) is 0 Å². The smallest absolute Gasteiger partial charge is 0.188 e. The molecule has 2 rings (SSSR count). The van der Waals surface area contributed by atoms with Gasteiger partial charge in [0, 0.05) is 17.8 Å². The SMILES string of the molecule is COCOc1cc(Br)cn2ncc(O)c12. The van der Waals surface area contributed by atoms with E-state index in [-0.39, 0.29) is 12.5 Å². The minimum absolute atomic E-state index is 0.0774. The molecular formula is C9H9BrN2O3. The van der Waals surface area contributed by atoms with Gasteiger partial charge >= 0.3 is 0 Å². The van der Waals surface area contributed by atoms with Crippen molar-refractivity contribution in [2.75, 3.05) is 13.9 Å². The highest BCUT2D eigenvalue weighted by molar-refractivity contribution is 9.10. The highest BCUT2D eigenvalue weighted by Crippen LogP contribution is 2.30. The second-order valence-electron chi connectivity index (χ2n) is 2.90. The zero-order valence-corrected chi connectivity index (χ0v) is 9.56. The van der Waals surface area contributed by atoms with E-state index in [9.17, 15) is 5.11 Å². The number of aromatic nitrogens is 2. The number of rotatable bonds is 3. The molecule has 0 aliphatic rings. The van der Waals surface area contributed by atoms with Crippen LogP contribution in [0.2, 0.25) is 0 Å². The molecule has 0 aliphatic carbocycles. The molecule has 0 amide bonds. The topological polar surface area (TPSA) is 56.0 Å². The Morgan fingerprint density at radius 3 is 3.13 bits per heavy atom. The maximum Gasteiger partial charge on any atom is 0.188 e. The van der Waals surface area contributed by atoms with Crippen molar-refractivity contribution in [2.24, 2.45) is 0 Å². The summed E-state index contributed by atoms with van der Waals surface area (Å²) in [5, 5.41) is 13.5. The molecule has 0 aromatic carbocycles. The average Bonchev–Trinajstić information content (AvgIpc) is 2.56. The highest BCUT2D eigenvalue weighted by atomic mass is 79.9. The second-order valence-corrected chi connectivity index (χ2v) is 3.81. The molecule has 6 heteroatoms. The lowest BCUT2D eigenvalue weighted by molar-refractivity contribution is 0.0518. The van der Waals surface area contributed by atoms with Crippen molar-refractivity contribution in [3.8, 4) is 11.5 Å². The molecule has 0 bridgehead atoms. The van der Waals surface area contributed by atoms with Crippen molar-refractivity contribution >= 4 is 21.4 Å². The summed E-state index contributed by atoms with van der Waals surface area (Å²) < 4.78 is 12.5. The molecule has 0 fully saturated rings. The van der Waals surface area contributed by atoms with Gasteiger partial charge in [0.05, 0.1) is 6.20 Å². The maximum atomic E-state index is 9.56. The summed E-state index contributed by atoms with van der Waals surface area (Å²) in [7, 11) is 1.53. The van der Waals surface area contributed by atoms with Gasteiger partial charge < -0.3 is 14.6 Å². The fraction of sp³-hybridized carbons (Fsp3) is 0.222. The Labute approximate surface area is 94.4 Å². The fourth-order valence-electron chi connectivity index (χ4n) is 1.27. The number of ether oxygens (including phenoxy) is 2. The van der Waals surface area contributed by atoms with Crippen molar-refractivity contribution in [2.45, 2.75) is 0 Å². The Morgan fingerprint density at radius 1 is 1.60 bits per heavy atom. The van der Waals surface area contributed by atoms with Gasteiger partial charge in [0.1, 0.15) is 5.52 Å². The van der Waals surface area contributed by atoms with Crippen LogP contribution in [0.25, 0.3) is 5.52 Å². The molecule has 15 heavy (non-hydrogen) atoms. The number of pyridine rings is 1. The number of nitrogens with zero attached hydrogens (tertiary/aromatic N) is 2. The minimum Gasteiger partial charge on any atom is -0.504 e. The molecule has 80 valence electrons. The van der Waals surface area contributed by atoms with Crippen molar-refractivity contribution in [3.05, 3.63) is 22.9 Å². The first-order valence-corrected chi connectivity index (χ1v) is 4.99. The zero-order valence-electron chi connectivity index (χ0n) is 7.98. The van der Waals surface area contributed by atoms with E-state index in [1.807, 2.05) is 0 Å². The number of halogens is 1. The summed E-state index contributed by atoms with van der Waals surface area (Å²) in [5.74, 6) is 0.592. The van der Waals surface area contributed by atoms with Gasteiger partial charge in [-0.3, -0.25) is 0 Å². The molecule has 0 saturated carbocycles. The van der Waals surface area contributed by atoms with E-state index in [0.717, 1.165) is 4.47 Å². The van der Waals surface area contributed by atoms with Gasteiger partial charge in [-0.25, -0.2) is 4.52 Å². The summed E-state index contributed by atoms with van der Waals surface area (Å²) in [5.41, 5.74) is 0.523. The molecule has 2 aromatic rings. The van der Waals surface area contributed by atoms with E-state index in [2.05, 4.69) is 21.0 Å². The largest absolute Gasteiger partial charge is 0.504 e. The summed E-state index contributed by atoms with van der Waals surface area (Å²) in [6, 6.07) is 1.75. The summed E-state index contributed by atoms with van der Waals surface area (Å²) in [6.07, 6.45) is 3.09. The van der Waals surface area contributed by atoms with Crippen LogP contribution in [0.3, 0.4) is 0 Å². The van der Waals surface area contributed by atoms with E-state index in [1.54, 1.807) is 12.3 Å². The van der Waals surface area contributed by atoms with Gasteiger partial charge in [-0.15, -0.1) is 0 Å². The van der Waals surface area contributed by atoms with E-state index in [0.29, 0.717) is 11.3 Å². The Morgan fingerprint density at radius 2 is 2.40 bits per heavy atom. The summed E-state index contributed by atoms with van der Waals surface area (Å²) >= 11 is 3.32. The number of methoxy groups -OCH3 is 1. The van der Waals surface area contributed by atoms with Gasteiger partial charge in [0.2, 0.25) is 0 Å². The van der Waals surface area contributed by atoms with Crippen LogP contribution in [0.1, 0.15) is 0 Å². The minimum atomic E-state index is 0.0774. The standard InChI is InChI=1S/C9H9BrN2O3/c1-14-5-15-8-2-6(10)4-12-9(8)7(13)3-11-12/h2-4,13H,5H2,1H3. The quantitative estimate of drug-likeness (QED) is 0.866. The Bertz CT molecular complexity index is 483. The fourth-order valence-corrected chi connectivity index (χ4v) is 1.67. The van der Waals surface area contributed by atoms with Crippen LogP contribution in [-0.2, 0) is 4.74 Å². The normalized spacial score (nSPS) is 10.8. The van der Waals surface area contributed by atoms with Gasteiger partial charge in [-0.05, 0) is 22.0 Å². The Hall–Kier alpha value is -1.27. The van der Waals surface area contributed by atoms with Crippen LogP contribution in [0.15, 0.2) is 22.9 Å². The van der Waals surface area contributed by atoms with Gasteiger partial charge in [-0.1, -0.05) is 0 Å². The Kier molecular flexibility index (Phi) is 2.79. The van der Waals surface area contributed by atoms with E-state index in [1.165, 1.54) is 17.8 Å².